The van der Waals surface area contributed by atoms with Crippen molar-refractivity contribution in [2.75, 3.05) is 39.8 Å². The summed E-state index contributed by atoms with van der Waals surface area (Å²) in [5.74, 6) is 0.872. The largest absolute Gasteiger partial charge is 0.361 e. The van der Waals surface area contributed by atoms with Crippen LogP contribution in [0.2, 0.25) is 0 Å². The van der Waals surface area contributed by atoms with Crippen molar-refractivity contribution in [3.8, 4) is 0 Å². The highest BCUT2D eigenvalue weighted by molar-refractivity contribution is 14.0. The van der Waals surface area contributed by atoms with Gasteiger partial charge in [0, 0.05) is 43.8 Å². The third-order valence-electron chi connectivity index (χ3n) is 4.20. The lowest BCUT2D eigenvalue weighted by Gasteiger charge is -2.19. The molecule has 0 atom stereocenters. The minimum atomic E-state index is 0. The number of rotatable bonds is 8. The minimum Gasteiger partial charge on any atom is -0.361 e. The van der Waals surface area contributed by atoms with Crippen molar-refractivity contribution in [2.45, 2.75) is 20.3 Å². The van der Waals surface area contributed by atoms with Crippen LogP contribution in [0.1, 0.15) is 19.4 Å². The topological polar surface area (TPSA) is 55.4 Å². The molecule has 0 bridgehead atoms. The highest BCUT2D eigenvalue weighted by atomic mass is 127. The van der Waals surface area contributed by atoms with Crippen molar-refractivity contribution in [3.63, 3.8) is 0 Å². The van der Waals surface area contributed by atoms with Crippen molar-refractivity contribution in [1.29, 1.82) is 0 Å². The monoisotopic (exact) mass is 443 g/mol. The molecule has 0 saturated heterocycles. The molecule has 6 heteroatoms. The fourth-order valence-electron chi connectivity index (χ4n) is 2.75. The first kappa shape index (κ1) is 20.8. The molecule has 1 heterocycles. The predicted molar refractivity (Wildman–Crippen MR) is 115 cm³/mol. The van der Waals surface area contributed by atoms with Crippen molar-refractivity contribution >= 4 is 40.8 Å². The van der Waals surface area contributed by atoms with Crippen LogP contribution in [0.3, 0.4) is 0 Å². The molecule has 2 rings (SSSR count). The van der Waals surface area contributed by atoms with Gasteiger partial charge in [0.15, 0.2) is 5.96 Å². The number of benzene rings is 1. The Morgan fingerprint density at radius 3 is 2.54 bits per heavy atom. The number of H-pyrrole nitrogens is 1. The van der Waals surface area contributed by atoms with Gasteiger partial charge in [-0.25, -0.2) is 0 Å². The second-order valence-corrected chi connectivity index (χ2v) is 5.56. The lowest BCUT2D eigenvalue weighted by Crippen LogP contribution is -2.42. The van der Waals surface area contributed by atoms with Crippen molar-refractivity contribution < 1.29 is 0 Å². The van der Waals surface area contributed by atoms with E-state index in [9.17, 15) is 0 Å². The number of aromatic amines is 1. The molecule has 24 heavy (non-hydrogen) atoms. The molecular formula is C18H30IN5. The molecule has 0 aliphatic carbocycles. The summed E-state index contributed by atoms with van der Waals surface area (Å²) in [6, 6.07) is 8.42. The van der Waals surface area contributed by atoms with E-state index in [0.29, 0.717) is 0 Å². The summed E-state index contributed by atoms with van der Waals surface area (Å²) < 4.78 is 0. The normalized spacial score (nSPS) is 11.6. The van der Waals surface area contributed by atoms with E-state index >= 15 is 0 Å². The van der Waals surface area contributed by atoms with Crippen LogP contribution in [0.25, 0.3) is 10.9 Å². The summed E-state index contributed by atoms with van der Waals surface area (Å²) >= 11 is 0. The number of aliphatic imine (C=N–C) groups is 1. The first-order chi connectivity index (χ1) is 11.3. The first-order valence-corrected chi connectivity index (χ1v) is 8.50. The van der Waals surface area contributed by atoms with Gasteiger partial charge in [-0.05, 0) is 31.1 Å². The van der Waals surface area contributed by atoms with E-state index in [-0.39, 0.29) is 24.0 Å². The van der Waals surface area contributed by atoms with Crippen LogP contribution in [-0.2, 0) is 6.42 Å². The Morgan fingerprint density at radius 2 is 1.83 bits per heavy atom. The molecular weight excluding hydrogens is 413 g/mol. The van der Waals surface area contributed by atoms with Crippen LogP contribution in [0.15, 0.2) is 35.5 Å². The van der Waals surface area contributed by atoms with Crippen LogP contribution in [-0.4, -0.2) is 55.6 Å². The average Bonchev–Trinajstić information content (AvgIpc) is 3.00. The van der Waals surface area contributed by atoms with Crippen LogP contribution in [0, 0.1) is 0 Å². The molecule has 3 N–H and O–H groups in total. The van der Waals surface area contributed by atoms with E-state index in [1.165, 1.54) is 16.5 Å². The van der Waals surface area contributed by atoms with Crippen LogP contribution in [0.4, 0.5) is 0 Å². The fourth-order valence-corrected chi connectivity index (χ4v) is 2.75. The smallest absolute Gasteiger partial charge is 0.191 e. The zero-order valence-corrected chi connectivity index (χ0v) is 17.3. The highest BCUT2D eigenvalue weighted by Gasteiger charge is 2.04. The zero-order chi connectivity index (χ0) is 16.5. The number of para-hydroxylation sites is 1. The van der Waals surface area contributed by atoms with E-state index in [1.807, 2.05) is 7.05 Å². The summed E-state index contributed by atoms with van der Waals surface area (Å²) in [6.07, 6.45) is 3.07. The van der Waals surface area contributed by atoms with Gasteiger partial charge in [-0.15, -0.1) is 24.0 Å². The van der Waals surface area contributed by atoms with Crippen LogP contribution in [0.5, 0.6) is 0 Å². The number of fused-ring (bicyclic) bond motifs is 1. The van der Waals surface area contributed by atoms with Gasteiger partial charge < -0.3 is 20.5 Å². The summed E-state index contributed by atoms with van der Waals surface area (Å²) in [6.45, 7) is 9.38. The summed E-state index contributed by atoms with van der Waals surface area (Å²) in [5, 5.41) is 8.07. The number of hydrogen-bond donors (Lipinski definition) is 3. The molecule has 2 aromatic rings. The molecule has 0 fully saturated rings. The molecule has 5 nitrogen and oxygen atoms in total. The standard InChI is InChI=1S/C18H29N5.HI/c1-4-23(5-2)13-12-21-18(19-3)20-11-10-15-14-22-17-9-7-6-8-16(15)17;/h6-9,14,22H,4-5,10-13H2,1-3H3,(H2,19,20,21);1H. The maximum absolute atomic E-state index is 4.29. The van der Waals surface area contributed by atoms with Gasteiger partial charge in [0.2, 0.25) is 0 Å². The number of aromatic nitrogens is 1. The maximum atomic E-state index is 4.29. The molecule has 0 radical (unpaired) electrons. The van der Waals surface area contributed by atoms with Crippen molar-refractivity contribution in [3.05, 3.63) is 36.0 Å². The Hall–Kier alpha value is -1.28. The Kier molecular flexibility index (Phi) is 9.78. The Morgan fingerprint density at radius 1 is 1.12 bits per heavy atom. The van der Waals surface area contributed by atoms with Gasteiger partial charge in [-0.2, -0.15) is 0 Å². The fraction of sp³-hybridized carbons (Fsp3) is 0.500. The Bertz CT molecular complexity index is 619. The van der Waals surface area contributed by atoms with Crippen molar-refractivity contribution in [2.24, 2.45) is 4.99 Å². The first-order valence-electron chi connectivity index (χ1n) is 8.50. The number of hydrogen-bond acceptors (Lipinski definition) is 2. The quantitative estimate of drug-likeness (QED) is 0.334. The van der Waals surface area contributed by atoms with E-state index in [2.05, 4.69) is 69.8 Å². The number of nitrogens with zero attached hydrogens (tertiary/aromatic N) is 2. The van der Waals surface area contributed by atoms with Gasteiger partial charge in [0.25, 0.3) is 0 Å². The van der Waals surface area contributed by atoms with Gasteiger partial charge in [0.05, 0.1) is 0 Å². The molecule has 0 aliphatic heterocycles. The molecule has 1 aromatic carbocycles. The Balaban J connectivity index is 0.00000288. The van der Waals surface area contributed by atoms with Crippen LogP contribution < -0.4 is 10.6 Å². The second-order valence-electron chi connectivity index (χ2n) is 5.56. The van der Waals surface area contributed by atoms with E-state index in [0.717, 1.165) is 45.1 Å². The van der Waals surface area contributed by atoms with Gasteiger partial charge in [0.1, 0.15) is 0 Å². The zero-order valence-electron chi connectivity index (χ0n) is 14.9. The van der Waals surface area contributed by atoms with Gasteiger partial charge >= 0.3 is 0 Å². The van der Waals surface area contributed by atoms with Gasteiger partial charge in [-0.3, -0.25) is 4.99 Å². The molecule has 0 spiro atoms. The summed E-state index contributed by atoms with van der Waals surface area (Å²) in [4.78, 5) is 10.0. The summed E-state index contributed by atoms with van der Waals surface area (Å²) in [5.41, 5.74) is 2.54. The SMILES string of the molecule is CCN(CC)CCNC(=NC)NCCc1c[nH]c2ccccc12.I. The third kappa shape index (κ3) is 5.98. The lowest BCUT2D eigenvalue weighted by molar-refractivity contribution is 0.308. The molecule has 1 aromatic heterocycles. The number of likely N-dealkylation sites (N-methyl/N-ethyl adjacent to an activating group) is 1. The average molecular weight is 443 g/mol. The second kappa shape index (κ2) is 11.3. The molecule has 0 unspecified atom stereocenters. The number of halogens is 1. The predicted octanol–water partition coefficient (Wildman–Crippen LogP) is 2.84. The number of guanidine groups is 1. The summed E-state index contributed by atoms with van der Waals surface area (Å²) in [7, 11) is 1.82. The third-order valence-corrected chi connectivity index (χ3v) is 4.20. The van der Waals surface area contributed by atoms with E-state index in [1.54, 1.807) is 0 Å². The lowest BCUT2D eigenvalue weighted by atomic mass is 10.1. The van der Waals surface area contributed by atoms with Gasteiger partial charge in [-0.1, -0.05) is 32.0 Å². The molecule has 0 amide bonds. The molecule has 134 valence electrons. The maximum Gasteiger partial charge on any atom is 0.191 e. The van der Waals surface area contributed by atoms with Crippen LogP contribution >= 0.6 is 24.0 Å². The van der Waals surface area contributed by atoms with E-state index < -0.39 is 0 Å². The minimum absolute atomic E-state index is 0. The highest BCUT2D eigenvalue weighted by Crippen LogP contribution is 2.17. The van der Waals surface area contributed by atoms with E-state index in [4.69, 9.17) is 0 Å². The molecule has 0 aliphatic rings. The Labute approximate surface area is 162 Å². The molecule has 0 saturated carbocycles. The number of nitrogens with one attached hydrogen (secondary N) is 3. The van der Waals surface area contributed by atoms with Crippen molar-refractivity contribution in [1.82, 2.24) is 20.5 Å².